The van der Waals surface area contributed by atoms with Gasteiger partial charge in [0.25, 0.3) is 5.91 Å². The number of urea groups is 1. The van der Waals surface area contributed by atoms with Crippen LogP contribution >= 0.6 is 0 Å². The topological polar surface area (TPSA) is 90.7 Å². The second-order valence-corrected chi connectivity index (χ2v) is 8.74. The van der Waals surface area contributed by atoms with E-state index in [-0.39, 0.29) is 29.8 Å². The average molecular weight is 428 g/mol. The Balaban J connectivity index is 1.66. The van der Waals surface area contributed by atoms with Crippen molar-refractivity contribution in [3.8, 4) is 0 Å². The lowest BCUT2D eigenvalue weighted by Crippen LogP contribution is -2.55. The minimum Gasteiger partial charge on any atom is -0.399 e. The van der Waals surface area contributed by atoms with Crippen LogP contribution in [0, 0.1) is 5.82 Å². The van der Waals surface area contributed by atoms with E-state index in [0.717, 1.165) is 11.3 Å². The molecule has 1 heterocycles. The molecule has 1 aliphatic heterocycles. The standard InChI is InChI=1S/C23H30FN5O2/c1-23(2,3)27-22(31)29-12-10-28(11-13-29)20-9-8-18(25)14-19(20)21(30)26-15-16-4-6-17(24)7-5-16/h4-9,14H,10-13,15,25H2,1-3H3,(H,26,30)(H,27,31). The number of nitrogen functional groups attached to an aromatic ring is 1. The van der Waals surface area contributed by atoms with Gasteiger partial charge in [0.05, 0.1) is 5.56 Å². The highest BCUT2D eigenvalue weighted by Gasteiger charge is 2.26. The van der Waals surface area contributed by atoms with E-state index in [1.807, 2.05) is 26.8 Å². The van der Waals surface area contributed by atoms with Crippen LogP contribution < -0.4 is 21.3 Å². The number of piperazine rings is 1. The second-order valence-electron chi connectivity index (χ2n) is 8.74. The number of anilines is 2. The molecule has 1 saturated heterocycles. The largest absolute Gasteiger partial charge is 0.399 e. The van der Waals surface area contributed by atoms with Gasteiger partial charge in [0, 0.05) is 49.6 Å². The van der Waals surface area contributed by atoms with Crippen molar-refractivity contribution in [2.75, 3.05) is 36.8 Å². The average Bonchev–Trinajstić information content (AvgIpc) is 2.72. The van der Waals surface area contributed by atoms with Crippen LogP contribution in [-0.4, -0.2) is 48.6 Å². The first kappa shape index (κ1) is 22.4. The molecule has 31 heavy (non-hydrogen) atoms. The molecule has 3 amide bonds. The lowest BCUT2D eigenvalue weighted by atomic mass is 10.1. The number of amides is 3. The molecule has 7 nitrogen and oxygen atoms in total. The molecule has 0 aromatic heterocycles. The first-order valence-electron chi connectivity index (χ1n) is 10.4. The van der Waals surface area contributed by atoms with Gasteiger partial charge in [-0.3, -0.25) is 4.79 Å². The van der Waals surface area contributed by atoms with Gasteiger partial charge in [-0.25, -0.2) is 9.18 Å². The van der Waals surface area contributed by atoms with Gasteiger partial charge in [0.2, 0.25) is 0 Å². The van der Waals surface area contributed by atoms with Gasteiger partial charge in [-0.05, 0) is 56.7 Å². The van der Waals surface area contributed by atoms with Gasteiger partial charge in [0.1, 0.15) is 5.82 Å². The van der Waals surface area contributed by atoms with Gasteiger partial charge >= 0.3 is 6.03 Å². The Morgan fingerprint density at radius 2 is 1.68 bits per heavy atom. The summed E-state index contributed by atoms with van der Waals surface area (Å²) in [5.74, 6) is -0.567. The number of nitrogens with zero attached hydrogens (tertiary/aromatic N) is 2. The van der Waals surface area contributed by atoms with Gasteiger partial charge in [0.15, 0.2) is 0 Å². The van der Waals surface area contributed by atoms with Crippen molar-refractivity contribution in [3.63, 3.8) is 0 Å². The maximum absolute atomic E-state index is 13.1. The molecule has 0 unspecified atom stereocenters. The van der Waals surface area contributed by atoms with Crippen LogP contribution in [0.1, 0.15) is 36.7 Å². The summed E-state index contributed by atoms with van der Waals surface area (Å²) in [6.07, 6.45) is 0. The molecular weight excluding hydrogens is 397 g/mol. The number of halogens is 1. The Morgan fingerprint density at radius 3 is 2.29 bits per heavy atom. The van der Waals surface area contributed by atoms with Crippen LogP contribution in [0.2, 0.25) is 0 Å². The lowest BCUT2D eigenvalue weighted by molar-refractivity contribution is 0.0951. The van der Waals surface area contributed by atoms with Crippen molar-refractivity contribution in [2.45, 2.75) is 32.9 Å². The molecule has 0 spiro atoms. The molecule has 0 atom stereocenters. The number of carbonyl (C=O) groups excluding carboxylic acids is 2. The second kappa shape index (κ2) is 9.24. The quantitative estimate of drug-likeness (QED) is 0.655. The number of hydrogen-bond acceptors (Lipinski definition) is 4. The molecule has 0 aliphatic carbocycles. The Kier molecular flexibility index (Phi) is 6.68. The molecule has 4 N–H and O–H groups in total. The summed E-state index contributed by atoms with van der Waals surface area (Å²) in [4.78, 5) is 29.2. The molecule has 8 heteroatoms. The summed E-state index contributed by atoms with van der Waals surface area (Å²) in [5, 5.41) is 5.86. The van der Waals surface area contributed by atoms with Gasteiger partial charge in [-0.1, -0.05) is 12.1 Å². The fourth-order valence-corrected chi connectivity index (χ4v) is 3.44. The van der Waals surface area contributed by atoms with Gasteiger partial charge in [-0.2, -0.15) is 0 Å². The highest BCUT2D eigenvalue weighted by molar-refractivity contribution is 6.00. The summed E-state index contributed by atoms with van der Waals surface area (Å²) < 4.78 is 13.1. The molecule has 2 aromatic rings. The Hall–Kier alpha value is -3.29. The minimum absolute atomic E-state index is 0.0817. The van der Waals surface area contributed by atoms with Crippen molar-refractivity contribution in [3.05, 3.63) is 59.4 Å². The third-order valence-electron chi connectivity index (χ3n) is 5.02. The smallest absolute Gasteiger partial charge is 0.317 e. The molecule has 1 aliphatic rings. The van der Waals surface area contributed by atoms with E-state index in [4.69, 9.17) is 5.73 Å². The predicted octanol–water partition coefficient (Wildman–Crippen LogP) is 2.97. The van der Waals surface area contributed by atoms with Crippen molar-refractivity contribution >= 4 is 23.3 Å². The Bertz CT molecular complexity index is 932. The van der Waals surface area contributed by atoms with Crippen LogP contribution in [0.15, 0.2) is 42.5 Å². The van der Waals surface area contributed by atoms with E-state index in [2.05, 4.69) is 15.5 Å². The zero-order valence-electron chi connectivity index (χ0n) is 18.2. The molecule has 0 bridgehead atoms. The third kappa shape index (κ3) is 6.10. The molecule has 0 saturated carbocycles. The molecule has 1 fully saturated rings. The van der Waals surface area contributed by atoms with E-state index in [1.165, 1.54) is 12.1 Å². The van der Waals surface area contributed by atoms with E-state index < -0.39 is 0 Å². The van der Waals surface area contributed by atoms with Crippen LogP contribution in [0.3, 0.4) is 0 Å². The number of nitrogens with one attached hydrogen (secondary N) is 2. The maximum atomic E-state index is 13.1. The van der Waals surface area contributed by atoms with Crippen LogP contribution in [0.5, 0.6) is 0 Å². The first-order chi connectivity index (χ1) is 14.6. The van der Waals surface area contributed by atoms with Crippen molar-refractivity contribution < 1.29 is 14.0 Å². The van der Waals surface area contributed by atoms with E-state index >= 15 is 0 Å². The first-order valence-corrected chi connectivity index (χ1v) is 10.4. The zero-order valence-corrected chi connectivity index (χ0v) is 18.2. The summed E-state index contributed by atoms with van der Waals surface area (Å²) >= 11 is 0. The van der Waals surface area contributed by atoms with Crippen molar-refractivity contribution in [1.82, 2.24) is 15.5 Å². The monoisotopic (exact) mass is 427 g/mol. The van der Waals surface area contributed by atoms with Crippen LogP contribution in [0.25, 0.3) is 0 Å². The third-order valence-corrected chi connectivity index (χ3v) is 5.02. The van der Waals surface area contributed by atoms with Gasteiger partial charge < -0.3 is 26.2 Å². The Labute approximate surface area is 182 Å². The number of nitrogens with two attached hydrogens (primary N) is 1. The number of carbonyl (C=O) groups is 2. The van der Waals surface area contributed by atoms with Gasteiger partial charge in [-0.15, -0.1) is 0 Å². The highest BCUT2D eigenvalue weighted by Crippen LogP contribution is 2.25. The number of hydrogen-bond donors (Lipinski definition) is 3. The molecule has 0 radical (unpaired) electrons. The fourth-order valence-electron chi connectivity index (χ4n) is 3.44. The SMILES string of the molecule is CC(C)(C)NC(=O)N1CCN(c2ccc(N)cc2C(=O)NCc2ccc(F)cc2)CC1. The van der Waals surface area contributed by atoms with Crippen LogP contribution in [-0.2, 0) is 6.54 Å². The minimum atomic E-state index is -0.316. The van der Waals surface area contributed by atoms with E-state index in [0.29, 0.717) is 37.4 Å². The Morgan fingerprint density at radius 1 is 1.03 bits per heavy atom. The highest BCUT2D eigenvalue weighted by atomic mass is 19.1. The molecule has 166 valence electrons. The molecule has 2 aromatic carbocycles. The summed E-state index contributed by atoms with van der Waals surface area (Å²) in [5.41, 5.74) is 8.21. The van der Waals surface area contributed by atoms with E-state index in [1.54, 1.807) is 29.2 Å². The number of benzene rings is 2. The van der Waals surface area contributed by atoms with E-state index in [9.17, 15) is 14.0 Å². The summed E-state index contributed by atoms with van der Waals surface area (Å²) in [6.45, 7) is 8.48. The fraction of sp³-hybridized carbons (Fsp3) is 0.391. The normalized spacial score (nSPS) is 14.3. The number of rotatable bonds is 4. The summed E-state index contributed by atoms with van der Waals surface area (Å²) in [6, 6.07) is 11.2. The van der Waals surface area contributed by atoms with Crippen LogP contribution in [0.4, 0.5) is 20.6 Å². The van der Waals surface area contributed by atoms with Crippen molar-refractivity contribution in [2.24, 2.45) is 0 Å². The summed E-state index contributed by atoms with van der Waals surface area (Å²) in [7, 11) is 0. The lowest BCUT2D eigenvalue weighted by Gasteiger charge is -2.38. The molecular formula is C23H30FN5O2. The molecule has 3 rings (SSSR count). The maximum Gasteiger partial charge on any atom is 0.317 e. The predicted molar refractivity (Wildman–Crippen MR) is 120 cm³/mol. The zero-order chi connectivity index (χ0) is 22.6. The van der Waals surface area contributed by atoms with Crippen molar-refractivity contribution in [1.29, 1.82) is 0 Å².